The zero-order chi connectivity index (χ0) is 27.9. The van der Waals surface area contributed by atoms with E-state index < -0.39 is 11.6 Å². The van der Waals surface area contributed by atoms with Crippen LogP contribution < -0.4 is 0 Å². The van der Waals surface area contributed by atoms with Crippen molar-refractivity contribution >= 4 is 31.9 Å². The molecule has 2 aromatic rings. The number of nitriles is 2. The SMILES string of the molecule is CCCC1CCC(Br)CC1.CCCC1CCC(c2cnc(C#N)c(F)c2)CC1.N#Cc1ncc(Br)cc1F. The first-order valence-corrected chi connectivity index (χ1v) is 15.4. The second kappa shape index (κ2) is 17.6. The monoisotopic (exact) mass is 650 g/mol. The maximum Gasteiger partial charge on any atom is 0.176 e. The molecule has 38 heavy (non-hydrogen) atoms. The van der Waals surface area contributed by atoms with Crippen LogP contribution in [0.5, 0.6) is 0 Å². The molecule has 0 atom stereocenters. The van der Waals surface area contributed by atoms with Gasteiger partial charge in [-0.2, -0.15) is 10.5 Å². The third kappa shape index (κ3) is 11.1. The fourth-order valence-electron chi connectivity index (χ4n) is 5.27. The Balaban J connectivity index is 0.000000216. The van der Waals surface area contributed by atoms with Crippen LogP contribution in [0.1, 0.15) is 114 Å². The average molecular weight is 652 g/mol. The van der Waals surface area contributed by atoms with Gasteiger partial charge in [0.05, 0.1) is 0 Å². The quantitative estimate of drug-likeness (QED) is 0.302. The Morgan fingerprint density at radius 2 is 1.26 bits per heavy atom. The van der Waals surface area contributed by atoms with E-state index in [-0.39, 0.29) is 11.4 Å². The first-order valence-electron chi connectivity index (χ1n) is 13.7. The molecular weight excluding hydrogens is 614 g/mol. The predicted molar refractivity (Wildman–Crippen MR) is 155 cm³/mol. The standard InChI is InChI=1S/C15H19FN2.C9H17Br.C6H2BrFN2/c1-2-3-11-4-6-12(7-5-11)13-8-14(16)15(9-17)18-10-13;1-2-3-8-4-6-9(10)7-5-8;7-4-1-5(8)6(2-9)10-3-4/h8,10-12H,2-7H2,1H3;8-9H,2-7H2,1H3;1,3H. The molecule has 4 nitrogen and oxygen atoms in total. The van der Waals surface area contributed by atoms with Crippen LogP contribution >= 0.6 is 31.9 Å². The van der Waals surface area contributed by atoms with Gasteiger partial charge in [-0.25, -0.2) is 18.7 Å². The Morgan fingerprint density at radius 1 is 0.789 bits per heavy atom. The third-order valence-corrected chi connectivity index (χ3v) is 8.72. The van der Waals surface area contributed by atoms with Crippen molar-refractivity contribution in [3.05, 3.63) is 57.6 Å². The van der Waals surface area contributed by atoms with Gasteiger partial charge in [-0.3, -0.25) is 0 Å². The summed E-state index contributed by atoms with van der Waals surface area (Å²) in [7, 11) is 0. The second-order valence-corrected chi connectivity index (χ2v) is 12.4. The molecule has 2 aliphatic carbocycles. The van der Waals surface area contributed by atoms with Gasteiger partial charge in [-0.15, -0.1) is 0 Å². The van der Waals surface area contributed by atoms with Gasteiger partial charge in [0.2, 0.25) is 0 Å². The maximum absolute atomic E-state index is 13.5. The first kappa shape index (κ1) is 32.3. The molecule has 2 saturated carbocycles. The highest BCUT2D eigenvalue weighted by atomic mass is 79.9. The Labute approximate surface area is 243 Å². The minimum absolute atomic E-state index is 0.0987. The Hall–Kier alpha value is -1.90. The summed E-state index contributed by atoms with van der Waals surface area (Å²) in [5.41, 5.74) is 0.683. The highest BCUT2D eigenvalue weighted by Gasteiger charge is 2.23. The van der Waals surface area contributed by atoms with Crippen LogP contribution in [-0.2, 0) is 0 Å². The van der Waals surface area contributed by atoms with E-state index in [1.807, 2.05) is 0 Å². The van der Waals surface area contributed by atoms with Crippen LogP contribution in [0.25, 0.3) is 0 Å². The lowest BCUT2D eigenvalue weighted by atomic mass is 9.77. The van der Waals surface area contributed by atoms with Crippen LogP contribution in [0.15, 0.2) is 29.0 Å². The van der Waals surface area contributed by atoms with Crippen molar-refractivity contribution in [2.75, 3.05) is 0 Å². The van der Waals surface area contributed by atoms with Crippen molar-refractivity contribution in [1.29, 1.82) is 10.5 Å². The molecule has 0 aliphatic heterocycles. The Kier molecular flexibility index (Phi) is 15.0. The van der Waals surface area contributed by atoms with E-state index in [9.17, 15) is 8.78 Å². The molecule has 2 heterocycles. The van der Waals surface area contributed by atoms with Gasteiger partial charge in [0.1, 0.15) is 12.1 Å². The van der Waals surface area contributed by atoms with Crippen LogP contribution in [0.3, 0.4) is 0 Å². The highest BCUT2D eigenvalue weighted by Crippen LogP contribution is 2.37. The van der Waals surface area contributed by atoms with Gasteiger partial charge in [-0.1, -0.05) is 55.5 Å². The summed E-state index contributed by atoms with van der Waals surface area (Å²) < 4.78 is 26.6. The fourth-order valence-corrected chi connectivity index (χ4v) is 6.10. The number of hydrogen-bond acceptors (Lipinski definition) is 4. The number of alkyl halides is 1. The summed E-state index contributed by atoms with van der Waals surface area (Å²) in [6.07, 6.45) is 18.9. The van der Waals surface area contributed by atoms with E-state index in [0.717, 1.165) is 35.1 Å². The lowest BCUT2D eigenvalue weighted by Crippen LogP contribution is -2.13. The molecule has 0 spiro atoms. The molecule has 0 N–H and O–H groups in total. The summed E-state index contributed by atoms with van der Waals surface area (Å²) in [5, 5.41) is 16.9. The maximum atomic E-state index is 13.5. The van der Waals surface area contributed by atoms with Crippen molar-refractivity contribution in [2.24, 2.45) is 11.8 Å². The molecule has 0 saturated heterocycles. The number of halogens is 4. The van der Waals surface area contributed by atoms with E-state index in [1.165, 1.54) is 82.5 Å². The minimum atomic E-state index is -0.600. The highest BCUT2D eigenvalue weighted by molar-refractivity contribution is 9.10. The molecule has 4 rings (SSSR count). The van der Waals surface area contributed by atoms with E-state index in [2.05, 4.69) is 55.7 Å². The van der Waals surface area contributed by atoms with Crippen LogP contribution in [0.4, 0.5) is 8.78 Å². The molecular formula is C30H38Br2F2N4. The zero-order valence-electron chi connectivity index (χ0n) is 22.4. The van der Waals surface area contributed by atoms with Crippen LogP contribution in [0.2, 0.25) is 0 Å². The van der Waals surface area contributed by atoms with Crippen molar-refractivity contribution in [3.8, 4) is 12.1 Å². The molecule has 2 fully saturated rings. The van der Waals surface area contributed by atoms with Crippen molar-refractivity contribution in [3.63, 3.8) is 0 Å². The summed E-state index contributed by atoms with van der Waals surface area (Å²) >= 11 is 6.68. The van der Waals surface area contributed by atoms with Crippen molar-refractivity contribution in [2.45, 2.75) is 102 Å². The smallest absolute Gasteiger partial charge is 0.176 e. The topological polar surface area (TPSA) is 73.4 Å². The van der Waals surface area contributed by atoms with Gasteiger partial charge < -0.3 is 0 Å². The lowest BCUT2D eigenvalue weighted by molar-refractivity contribution is 0.307. The summed E-state index contributed by atoms with van der Waals surface area (Å²) in [5.74, 6) is 1.25. The number of hydrogen-bond donors (Lipinski definition) is 0. The van der Waals surface area contributed by atoms with Crippen LogP contribution in [0, 0.1) is 46.1 Å². The van der Waals surface area contributed by atoms with Gasteiger partial charge >= 0.3 is 0 Å². The van der Waals surface area contributed by atoms with Gasteiger partial charge in [-0.05, 0) is 103 Å². The van der Waals surface area contributed by atoms with E-state index in [0.29, 0.717) is 10.4 Å². The predicted octanol–water partition coefficient (Wildman–Crippen LogP) is 9.76. The van der Waals surface area contributed by atoms with E-state index >= 15 is 0 Å². The first-order chi connectivity index (χ1) is 18.3. The fraction of sp³-hybridized carbons (Fsp3) is 0.600. The largest absolute Gasteiger partial charge is 0.242 e. The zero-order valence-corrected chi connectivity index (χ0v) is 25.6. The summed E-state index contributed by atoms with van der Waals surface area (Å²) in [6.45, 7) is 4.52. The van der Waals surface area contributed by atoms with Gasteiger partial charge in [0.15, 0.2) is 23.0 Å². The van der Waals surface area contributed by atoms with Crippen molar-refractivity contribution < 1.29 is 8.78 Å². The molecule has 2 aromatic heterocycles. The molecule has 206 valence electrons. The molecule has 0 amide bonds. The molecule has 0 bridgehead atoms. The molecule has 2 aliphatic rings. The van der Waals surface area contributed by atoms with Gasteiger partial charge in [0, 0.05) is 21.7 Å². The number of nitrogens with zero attached hydrogens (tertiary/aromatic N) is 4. The molecule has 0 unspecified atom stereocenters. The number of pyridine rings is 2. The Morgan fingerprint density at radius 3 is 1.71 bits per heavy atom. The van der Waals surface area contributed by atoms with E-state index in [4.69, 9.17) is 10.5 Å². The van der Waals surface area contributed by atoms with E-state index in [1.54, 1.807) is 18.3 Å². The van der Waals surface area contributed by atoms with Crippen molar-refractivity contribution in [1.82, 2.24) is 9.97 Å². The molecule has 0 aromatic carbocycles. The average Bonchev–Trinajstić information content (AvgIpc) is 2.92. The normalized spacial score (nSPS) is 22.5. The summed E-state index contributed by atoms with van der Waals surface area (Å²) in [4.78, 5) is 8.24. The Bertz CT molecular complexity index is 1070. The molecule has 0 radical (unpaired) electrons. The second-order valence-electron chi connectivity index (χ2n) is 10.2. The number of rotatable bonds is 5. The van der Waals surface area contributed by atoms with Gasteiger partial charge in [0.25, 0.3) is 0 Å². The number of aromatic nitrogens is 2. The summed E-state index contributed by atoms with van der Waals surface area (Å²) in [6, 6.07) is 6.07. The minimum Gasteiger partial charge on any atom is -0.242 e. The van der Waals surface area contributed by atoms with Crippen LogP contribution in [-0.4, -0.2) is 14.8 Å². The lowest BCUT2D eigenvalue weighted by Gasteiger charge is -2.28. The third-order valence-electron chi connectivity index (χ3n) is 7.37. The molecule has 8 heteroatoms.